The van der Waals surface area contributed by atoms with Crippen LogP contribution in [-0.2, 0) is 4.79 Å². The Bertz CT molecular complexity index is 208. The summed E-state index contributed by atoms with van der Waals surface area (Å²) in [6.07, 6.45) is 3.74. The molecular weight excluding hydrogens is 168 g/mol. The molecule has 0 saturated carbocycles. The van der Waals surface area contributed by atoms with Crippen molar-refractivity contribution in [2.75, 3.05) is 19.6 Å². The van der Waals surface area contributed by atoms with Crippen LogP contribution in [0.4, 0.5) is 0 Å². The van der Waals surface area contributed by atoms with Crippen LogP contribution in [0, 0.1) is 0 Å². The van der Waals surface area contributed by atoms with Crippen molar-refractivity contribution in [2.45, 2.75) is 31.3 Å². The quantitative estimate of drug-likeness (QED) is 0.597. The van der Waals surface area contributed by atoms with Crippen molar-refractivity contribution in [1.82, 2.24) is 10.2 Å². The molecule has 0 unspecified atom stereocenters. The van der Waals surface area contributed by atoms with E-state index in [1.165, 1.54) is 19.3 Å². The zero-order valence-electron chi connectivity index (χ0n) is 7.70. The zero-order valence-corrected chi connectivity index (χ0v) is 7.70. The smallest absolute Gasteiger partial charge is 0.322 e. The van der Waals surface area contributed by atoms with E-state index in [0.29, 0.717) is 12.6 Å². The largest absolute Gasteiger partial charge is 0.480 e. The third-order valence-corrected chi connectivity index (χ3v) is 3.06. The van der Waals surface area contributed by atoms with Gasteiger partial charge in [0.25, 0.3) is 0 Å². The van der Waals surface area contributed by atoms with Crippen molar-refractivity contribution in [1.29, 1.82) is 0 Å². The number of hydrogen-bond acceptors (Lipinski definition) is 3. The summed E-state index contributed by atoms with van der Waals surface area (Å²) in [6, 6.07) is 0.235. The predicted molar refractivity (Wildman–Crippen MR) is 48.6 cm³/mol. The number of carboxylic acid groups (broad SMARTS) is 1. The molecule has 2 aliphatic heterocycles. The number of carbonyl (C=O) groups is 1. The van der Waals surface area contributed by atoms with Crippen LogP contribution in [-0.4, -0.2) is 47.7 Å². The lowest BCUT2D eigenvalue weighted by atomic mass is 9.98. The van der Waals surface area contributed by atoms with E-state index in [-0.39, 0.29) is 6.04 Å². The maximum Gasteiger partial charge on any atom is 0.322 e. The Labute approximate surface area is 77.9 Å². The normalized spacial score (nSPS) is 35.4. The minimum atomic E-state index is -0.718. The van der Waals surface area contributed by atoms with Crippen molar-refractivity contribution in [2.24, 2.45) is 0 Å². The van der Waals surface area contributed by atoms with Gasteiger partial charge in [-0.2, -0.15) is 0 Å². The molecule has 0 spiro atoms. The number of carboxylic acids is 1. The molecule has 2 rings (SSSR count). The van der Waals surface area contributed by atoms with E-state index in [4.69, 9.17) is 5.11 Å². The highest BCUT2D eigenvalue weighted by Gasteiger charge is 2.32. The van der Waals surface area contributed by atoms with Crippen molar-refractivity contribution < 1.29 is 9.90 Å². The monoisotopic (exact) mass is 184 g/mol. The SMILES string of the molecule is O=C(O)[C@@H]1CN2CCCC[C@H]2CN1. The summed E-state index contributed by atoms with van der Waals surface area (Å²) in [5.41, 5.74) is 0. The maximum atomic E-state index is 10.7. The number of aliphatic carboxylic acids is 1. The van der Waals surface area contributed by atoms with Gasteiger partial charge in [-0.1, -0.05) is 6.42 Å². The summed E-state index contributed by atoms with van der Waals surface area (Å²) in [4.78, 5) is 13.1. The van der Waals surface area contributed by atoms with Crippen LogP contribution >= 0.6 is 0 Å². The van der Waals surface area contributed by atoms with Crippen LogP contribution in [0.3, 0.4) is 0 Å². The van der Waals surface area contributed by atoms with Gasteiger partial charge in [0.15, 0.2) is 0 Å². The third kappa shape index (κ3) is 1.84. The Morgan fingerprint density at radius 1 is 1.46 bits per heavy atom. The van der Waals surface area contributed by atoms with Crippen molar-refractivity contribution in [3.05, 3.63) is 0 Å². The fourth-order valence-electron chi connectivity index (χ4n) is 2.27. The molecule has 2 fully saturated rings. The molecule has 0 bridgehead atoms. The molecule has 0 aromatic carbocycles. The van der Waals surface area contributed by atoms with E-state index in [1.807, 2.05) is 0 Å². The van der Waals surface area contributed by atoms with Crippen molar-refractivity contribution in [3.8, 4) is 0 Å². The minimum absolute atomic E-state index is 0.352. The molecule has 74 valence electrons. The summed E-state index contributed by atoms with van der Waals surface area (Å²) in [5.74, 6) is -0.718. The molecule has 0 aliphatic carbocycles. The minimum Gasteiger partial charge on any atom is -0.480 e. The van der Waals surface area contributed by atoms with Gasteiger partial charge in [0.2, 0.25) is 0 Å². The molecule has 0 aromatic rings. The summed E-state index contributed by atoms with van der Waals surface area (Å²) >= 11 is 0. The molecule has 0 amide bonds. The Balaban J connectivity index is 1.95. The van der Waals surface area contributed by atoms with E-state index in [0.717, 1.165) is 13.1 Å². The molecule has 2 aliphatic rings. The molecular formula is C9H16N2O2. The number of nitrogens with zero attached hydrogens (tertiary/aromatic N) is 1. The van der Waals surface area contributed by atoms with Crippen LogP contribution in [0.1, 0.15) is 19.3 Å². The molecule has 2 N–H and O–H groups in total. The fraction of sp³-hybridized carbons (Fsp3) is 0.889. The first-order valence-electron chi connectivity index (χ1n) is 4.97. The highest BCUT2D eigenvalue weighted by Crippen LogP contribution is 2.19. The predicted octanol–water partition coefficient (Wildman–Crippen LogP) is -0.103. The van der Waals surface area contributed by atoms with E-state index in [2.05, 4.69) is 10.2 Å². The molecule has 13 heavy (non-hydrogen) atoms. The second-order valence-corrected chi connectivity index (χ2v) is 3.94. The topological polar surface area (TPSA) is 52.6 Å². The highest BCUT2D eigenvalue weighted by atomic mass is 16.4. The van der Waals surface area contributed by atoms with E-state index in [9.17, 15) is 4.79 Å². The zero-order chi connectivity index (χ0) is 9.26. The number of rotatable bonds is 1. The Kier molecular flexibility index (Phi) is 2.51. The fourth-order valence-corrected chi connectivity index (χ4v) is 2.27. The van der Waals surface area contributed by atoms with Crippen LogP contribution in [0.25, 0.3) is 0 Å². The second-order valence-electron chi connectivity index (χ2n) is 3.94. The van der Waals surface area contributed by atoms with Gasteiger partial charge in [-0.05, 0) is 19.4 Å². The van der Waals surface area contributed by atoms with Crippen LogP contribution < -0.4 is 5.32 Å². The lowest BCUT2D eigenvalue weighted by Crippen LogP contribution is -2.60. The van der Waals surface area contributed by atoms with Crippen LogP contribution in [0.5, 0.6) is 0 Å². The van der Waals surface area contributed by atoms with E-state index >= 15 is 0 Å². The van der Waals surface area contributed by atoms with Gasteiger partial charge in [0.1, 0.15) is 6.04 Å². The first-order valence-corrected chi connectivity index (χ1v) is 4.97. The molecule has 2 heterocycles. The van der Waals surface area contributed by atoms with Gasteiger partial charge < -0.3 is 10.4 Å². The van der Waals surface area contributed by atoms with Crippen LogP contribution in [0.15, 0.2) is 0 Å². The highest BCUT2D eigenvalue weighted by molar-refractivity contribution is 5.73. The van der Waals surface area contributed by atoms with Crippen molar-refractivity contribution >= 4 is 5.97 Å². The average molecular weight is 184 g/mol. The Morgan fingerprint density at radius 2 is 2.31 bits per heavy atom. The molecule has 2 saturated heterocycles. The number of piperidine rings is 1. The van der Waals surface area contributed by atoms with Crippen molar-refractivity contribution in [3.63, 3.8) is 0 Å². The maximum absolute atomic E-state index is 10.7. The van der Waals surface area contributed by atoms with Gasteiger partial charge in [0, 0.05) is 19.1 Å². The summed E-state index contributed by atoms with van der Waals surface area (Å²) in [7, 11) is 0. The van der Waals surface area contributed by atoms with Gasteiger partial charge in [-0.15, -0.1) is 0 Å². The standard InChI is InChI=1S/C9H16N2O2/c12-9(13)8-6-11-4-2-1-3-7(11)5-10-8/h7-8,10H,1-6H2,(H,12,13)/t7-,8-/m0/s1. The molecule has 2 atom stereocenters. The lowest BCUT2D eigenvalue weighted by molar-refractivity contribution is -0.141. The molecule has 0 radical (unpaired) electrons. The number of nitrogens with one attached hydrogen (secondary N) is 1. The van der Waals surface area contributed by atoms with Gasteiger partial charge in [-0.3, -0.25) is 9.69 Å². The van der Waals surface area contributed by atoms with Gasteiger partial charge in [0.05, 0.1) is 0 Å². The Hall–Kier alpha value is -0.610. The first-order chi connectivity index (χ1) is 6.27. The average Bonchev–Trinajstić information content (AvgIpc) is 2.17. The van der Waals surface area contributed by atoms with E-state index < -0.39 is 5.97 Å². The summed E-state index contributed by atoms with van der Waals surface area (Å²) < 4.78 is 0. The Morgan fingerprint density at radius 3 is 3.08 bits per heavy atom. The number of hydrogen-bond donors (Lipinski definition) is 2. The van der Waals surface area contributed by atoms with Gasteiger partial charge in [-0.25, -0.2) is 0 Å². The van der Waals surface area contributed by atoms with Crippen LogP contribution in [0.2, 0.25) is 0 Å². The molecule has 4 nitrogen and oxygen atoms in total. The number of fused-ring (bicyclic) bond motifs is 1. The second kappa shape index (κ2) is 3.64. The summed E-state index contributed by atoms with van der Waals surface area (Å²) in [5, 5.41) is 11.9. The first kappa shape index (κ1) is 8.97. The summed E-state index contributed by atoms with van der Waals surface area (Å²) in [6.45, 7) is 2.60. The lowest BCUT2D eigenvalue weighted by Gasteiger charge is -2.41. The molecule has 0 aromatic heterocycles. The van der Waals surface area contributed by atoms with E-state index in [1.54, 1.807) is 0 Å². The number of piperazine rings is 1. The third-order valence-electron chi connectivity index (χ3n) is 3.06. The molecule has 4 heteroatoms. The van der Waals surface area contributed by atoms with Gasteiger partial charge >= 0.3 is 5.97 Å².